The monoisotopic (exact) mass is 364 g/mol. The number of hydrogen-bond donors (Lipinski definition) is 2. The van der Waals surface area contributed by atoms with Crippen molar-refractivity contribution in [1.82, 2.24) is 25.2 Å². The molecular formula is C20H24N6O. The van der Waals surface area contributed by atoms with Gasteiger partial charge >= 0.3 is 0 Å². The fraction of sp³-hybridized carbons (Fsp3) is 0.350. The van der Waals surface area contributed by atoms with Gasteiger partial charge in [0.05, 0.1) is 0 Å². The number of anilines is 1. The second-order valence-corrected chi connectivity index (χ2v) is 6.90. The third kappa shape index (κ3) is 3.93. The Balaban J connectivity index is 1.36. The van der Waals surface area contributed by atoms with Crippen molar-refractivity contribution < 1.29 is 4.79 Å². The molecule has 0 bridgehead atoms. The summed E-state index contributed by atoms with van der Waals surface area (Å²) in [5.74, 6) is 0.472. The lowest BCUT2D eigenvalue weighted by Gasteiger charge is -2.32. The smallest absolute Gasteiger partial charge is 0.270 e. The number of para-hydroxylation sites is 1. The number of nitrogens with one attached hydrogen (secondary N) is 2. The maximum absolute atomic E-state index is 12.5. The van der Waals surface area contributed by atoms with E-state index in [0.29, 0.717) is 18.2 Å². The van der Waals surface area contributed by atoms with Gasteiger partial charge in [-0.15, -0.1) is 0 Å². The molecule has 140 valence electrons. The number of rotatable bonds is 5. The Hall–Kier alpha value is -2.93. The second kappa shape index (κ2) is 7.75. The highest BCUT2D eigenvalue weighted by Gasteiger charge is 2.18. The van der Waals surface area contributed by atoms with E-state index in [-0.39, 0.29) is 5.91 Å². The largest absolute Gasteiger partial charge is 0.361 e. The Morgan fingerprint density at radius 3 is 2.85 bits per heavy atom. The standard InChI is InChI=1S/C20H24N6O/c1-25-10-12-26(13-11-25)20-22-9-7-18(24-20)19(27)21-8-6-15-14-23-17-5-3-2-4-16(15)17/h2-5,7,9,14,23H,6,8,10-13H2,1H3,(H,21,27). The van der Waals surface area contributed by atoms with Gasteiger partial charge in [-0.2, -0.15) is 0 Å². The summed E-state index contributed by atoms with van der Waals surface area (Å²) in [6.45, 7) is 4.27. The Morgan fingerprint density at radius 1 is 1.19 bits per heavy atom. The SMILES string of the molecule is CN1CCN(c2nccc(C(=O)NCCc3c[nH]c4ccccc34)n2)CC1. The summed E-state index contributed by atoms with van der Waals surface area (Å²) in [5.41, 5.74) is 2.73. The average molecular weight is 364 g/mol. The van der Waals surface area contributed by atoms with E-state index in [1.54, 1.807) is 12.3 Å². The molecule has 7 heteroatoms. The first-order valence-corrected chi connectivity index (χ1v) is 9.30. The number of benzene rings is 1. The van der Waals surface area contributed by atoms with Crippen LogP contribution in [0.4, 0.5) is 5.95 Å². The zero-order valence-corrected chi connectivity index (χ0v) is 15.5. The molecule has 0 atom stereocenters. The van der Waals surface area contributed by atoms with Crippen LogP contribution in [0.2, 0.25) is 0 Å². The summed E-state index contributed by atoms with van der Waals surface area (Å²) >= 11 is 0. The molecule has 1 saturated heterocycles. The maximum Gasteiger partial charge on any atom is 0.270 e. The first-order valence-electron chi connectivity index (χ1n) is 9.30. The van der Waals surface area contributed by atoms with Crippen LogP contribution in [0, 0.1) is 0 Å². The summed E-state index contributed by atoms with van der Waals surface area (Å²) in [7, 11) is 2.11. The van der Waals surface area contributed by atoms with Crippen molar-refractivity contribution in [3.05, 3.63) is 54.0 Å². The van der Waals surface area contributed by atoms with Gasteiger partial charge in [0.15, 0.2) is 0 Å². The van der Waals surface area contributed by atoms with Gasteiger partial charge in [-0.3, -0.25) is 4.79 Å². The third-order valence-corrected chi connectivity index (χ3v) is 5.02. The van der Waals surface area contributed by atoms with Crippen LogP contribution in [0.25, 0.3) is 10.9 Å². The quantitative estimate of drug-likeness (QED) is 0.720. The molecule has 0 saturated carbocycles. The zero-order valence-electron chi connectivity index (χ0n) is 15.5. The number of aromatic nitrogens is 3. The Bertz CT molecular complexity index is 929. The van der Waals surface area contributed by atoms with Crippen molar-refractivity contribution >= 4 is 22.8 Å². The van der Waals surface area contributed by atoms with Gasteiger partial charge in [0.25, 0.3) is 5.91 Å². The Morgan fingerprint density at radius 2 is 2.00 bits per heavy atom. The minimum atomic E-state index is -0.160. The Kier molecular flexibility index (Phi) is 5.02. The highest BCUT2D eigenvalue weighted by atomic mass is 16.1. The number of carbonyl (C=O) groups excluding carboxylic acids is 1. The molecule has 1 aromatic carbocycles. The van der Waals surface area contributed by atoms with Crippen molar-refractivity contribution in [2.45, 2.75) is 6.42 Å². The molecule has 7 nitrogen and oxygen atoms in total. The number of amides is 1. The molecule has 1 aliphatic rings. The van der Waals surface area contributed by atoms with Gasteiger partial charge in [-0.05, 0) is 31.2 Å². The molecular weight excluding hydrogens is 340 g/mol. The number of likely N-dealkylation sites (N-methyl/N-ethyl adjacent to an activating group) is 1. The van der Waals surface area contributed by atoms with E-state index in [0.717, 1.165) is 38.1 Å². The number of H-pyrrole nitrogens is 1. The van der Waals surface area contributed by atoms with Crippen LogP contribution in [0.3, 0.4) is 0 Å². The number of hydrogen-bond acceptors (Lipinski definition) is 5. The van der Waals surface area contributed by atoms with Crippen LogP contribution in [0.5, 0.6) is 0 Å². The van der Waals surface area contributed by atoms with Crippen molar-refractivity contribution in [3.63, 3.8) is 0 Å². The lowest BCUT2D eigenvalue weighted by Crippen LogP contribution is -2.45. The third-order valence-electron chi connectivity index (χ3n) is 5.02. The topological polar surface area (TPSA) is 77.1 Å². The molecule has 1 amide bonds. The molecule has 2 aromatic heterocycles. The fourth-order valence-electron chi connectivity index (χ4n) is 3.37. The predicted molar refractivity (Wildman–Crippen MR) is 106 cm³/mol. The van der Waals surface area contributed by atoms with Crippen LogP contribution in [0.1, 0.15) is 16.1 Å². The molecule has 0 aliphatic carbocycles. The number of fused-ring (bicyclic) bond motifs is 1. The number of aromatic amines is 1. The van der Waals surface area contributed by atoms with E-state index < -0.39 is 0 Å². The first kappa shape index (κ1) is 17.5. The second-order valence-electron chi connectivity index (χ2n) is 6.90. The number of carbonyl (C=O) groups is 1. The van der Waals surface area contributed by atoms with Gasteiger partial charge < -0.3 is 20.1 Å². The number of nitrogens with zero attached hydrogens (tertiary/aromatic N) is 4. The molecule has 0 spiro atoms. The molecule has 3 heterocycles. The van der Waals surface area contributed by atoms with Crippen molar-refractivity contribution in [2.75, 3.05) is 44.7 Å². The molecule has 27 heavy (non-hydrogen) atoms. The summed E-state index contributed by atoms with van der Waals surface area (Å²) in [6.07, 6.45) is 4.44. The van der Waals surface area contributed by atoms with E-state index in [2.05, 4.69) is 49.2 Å². The normalized spacial score (nSPS) is 15.2. The van der Waals surface area contributed by atoms with Gasteiger partial charge in [-0.25, -0.2) is 9.97 Å². The fourth-order valence-corrected chi connectivity index (χ4v) is 3.37. The van der Waals surface area contributed by atoms with E-state index in [9.17, 15) is 4.79 Å². The van der Waals surface area contributed by atoms with E-state index in [1.165, 1.54) is 10.9 Å². The molecule has 4 rings (SSSR count). The zero-order chi connectivity index (χ0) is 18.6. The van der Waals surface area contributed by atoms with Gasteiger partial charge in [0.1, 0.15) is 5.69 Å². The summed E-state index contributed by atoms with van der Waals surface area (Å²) in [4.78, 5) is 29.0. The molecule has 0 radical (unpaired) electrons. The highest BCUT2D eigenvalue weighted by Crippen LogP contribution is 2.17. The van der Waals surface area contributed by atoms with E-state index >= 15 is 0 Å². The van der Waals surface area contributed by atoms with Crippen molar-refractivity contribution in [1.29, 1.82) is 0 Å². The highest BCUT2D eigenvalue weighted by molar-refractivity contribution is 5.92. The minimum Gasteiger partial charge on any atom is -0.361 e. The molecule has 3 aromatic rings. The molecule has 2 N–H and O–H groups in total. The lowest BCUT2D eigenvalue weighted by molar-refractivity contribution is 0.0949. The molecule has 0 unspecified atom stereocenters. The van der Waals surface area contributed by atoms with Crippen LogP contribution >= 0.6 is 0 Å². The van der Waals surface area contributed by atoms with Crippen molar-refractivity contribution in [3.8, 4) is 0 Å². The van der Waals surface area contributed by atoms with Gasteiger partial charge in [-0.1, -0.05) is 18.2 Å². The van der Waals surface area contributed by atoms with Crippen molar-refractivity contribution in [2.24, 2.45) is 0 Å². The van der Waals surface area contributed by atoms with Crippen LogP contribution in [-0.2, 0) is 6.42 Å². The summed E-state index contributed by atoms with van der Waals surface area (Å²) < 4.78 is 0. The van der Waals surface area contributed by atoms with Gasteiger partial charge in [0.2, 0.25) is 5.95 Å². The molecule has 1 aliphatic heterocycles. The minimum absolute atomic E-state index is 0.160. The lowest BCUT2D eigenvalue weighted by atomic mass is 10.1. The van der Waals surface area contributed by atoms with Gasteiger partial charge in [0, 0.05) is 56.0 Å². The van der Waals surface area contributed by atoms with Crippen LogP contribution in [0.15, 0.2) is 42.7 Å². The number of piperazine rings is 1. The summed E-state index contributed by atoms with van der Waals surface area (Å²) in [6, 6.07) is 9.85. The first-order chi connectivity index (χ1) is 13.2. The Labute approximate surface area is 158 Å². The van der Waals surface area contributed by atoms with Crippen LogP contribution < -0.4 is 10.2 Å². The maximum atomic E-state index is 12.5. The molecule has 1 fully saturated rings. The van der Waals surface area contributed by atoms with E-state index in [4.69, 9.17) is 0 Å². The van der Waals surface area contributed by atoms with E-state index in [1.807, 2.05) is 18.3 Å². The van der Waals surface area contributed by atoms with Crippen LogP contribution in [-0.4, -0.2) is 65.5 Å². The predicted octanol–water partition coefficient (Wildman–Crippen LogP) is 1.68. The average Bonchev–Trinajstić information content (AvgIpc) is 3.12. The summed E-state index contributed by atoms with van der Waals surface area (Å²) in [5, 5.41) is 4.17.